The molecule has 0 radical (unpaired) electrons. The highest BCUT2D eigenvalue weighted by atomic mass is 16.1. The van der Waals surface area contributed by atoms with Crippen molar-refractivity contribution in [1.82, 2.24) is 4.90 Å². The molecule has 108 valence electrons. The van der Waals surface area contributed by atoms with Crippen LogP contribution in [0.15, 0.2) is 18.2 Å². The Morgan fingerprint density at radius 2 is 1.95 bits per heavy atom. The molecule has 1 aliphatic carbocycles. The molecule has 1 aliphatic heterocycles. The van der Waals surface area contributed by atoms with Gasteiger partial charge in [0.2, 0.25) is 0 Å². The molecule has 0 aromatic heterocycles. The number of aryl methyl sites for hydroxylation is 1. The Bertz CT molecular complexity index is 486. The number of fused-ring (bicyclic) bond motifs is 1. The lowest BCUT2D eigenvalue weighted by Crippen LogP contribution is -2.47. The summed E-state index contributed by atoms with van der Waals surface area (Å²) in [4.78, 5) is 13.9. The number of aldehydes is 1. The standard InChI is InChI=1S/C18H25NO/c1-13-8-14(2)11-19(10-13)17-7-6-15-4-3-5-16(12-20)18(15)9-17/h3-5,12-14,17H,6-11H2,1-2H3/t13-,14+,17?. The highest BCUT2D eigenvalue weighted by Crippen LogP contribution is 2.30. The monoisotopic (exact) mass is 271 g/mol. The van der Waals surface area contributed by atoms with Crippen molar-refractivity contribution in [3.8, 4) is 0 Å². The van der Waals surface area contributed by atoms with Gasteiger partial charge in [0.15, 0.2) is 0 Å². The smallest absolute Gasteiger partial charge is 0.150 e. The molecule has 1 heterocycles. The maximum absolute atomic E-state index is 11.3. The number of rotatable bonds is 2. The Morgan fingerprint density at radius 1 is 1.20 bits per heavy atom. The molecule has 2 aliphatic rings. The molecule has 2 heteroatoms. The van der Waals surface area contributed by atoms with E-state index in [0.29, 0.717) is 6.04 Å². The van der Waals surface area contributed by atoms with Crippen LogP contribution < -0.4 is 0 Å². The Kier molecular flexibility index (Phi) is 3.93. The molecular formula is C18H25NO. The van der Waals surface area contributed by atoms with E-state index in [0.717, 1.165) is 36.5 Å². The Hall–Kier alpha value is -1.15. The highest BCUT2D eigenvalue weighted by Gasteiger charge is 2.30. The zero-order chi connectivity index (χ0) is 14.1. The normalized spacial score (nSPS) is 30.8. The van der Waals surface area contributed by atoms with E-state index in [4.69, 9.17) is 0 Å². The van der Waals surface area contributed by atoms with Crippen molar-refractivity contribution in [3.63, 3.8) is 0 Å². The van der Waals surface area contributed by atoms with Gasteiger partial charge in [0.1, 0.15) is 6.29 Å². The van der Waals surface area contributed by atoms with Crippen LogP contribution in [0.3, 0.4) is 0 Å². The van der Waals surface area contributed by atoms with Crippen molar-refractivity contribution in [3.05, 3.63) is 34.9 Å². The summed E-state index contributed by atoms with van der Waals surface area (Å²) in [5, 5.41) is 0. The number of piperidine rings is 1. The van der Waals surface area contributed by atoms with Crippen LogP contribution in [-0.4, -0.2) is 30.3 Å². The van der Waals surface area contributed by atoms with Crippen molar-refractivity contribution >= 4 is 6.29 Å². The summed E-state index contributed by atoms with van der Waals surface area (Å²) in [5.74, 6) is 1.61. The number of carbonyl (C=O) groups is 1. The van der Waals surface area contributed by atoms with Gasteiger partial charge in [-0.15, -0.1) is 0 Å². The van der Waals surface area contributed by atoms with E-state index in [1.54, 1.807) is 0 Å². The molecule has 2 nitrogen and oxygen atoms in total. The lowest BCUT2D eigenvalue weighted by molar-refractivity contribution is 0.0876. The van der Waals surface area contributed by atoms with E-state index >= 15 is 0 Å². The molecule has 0 amide bonds. The van der Waals surface area contributed by atoms with Crippen molar-refractivity contribution in [2.24, 2.45) is 11.8 Å². The van der Waals surface area contributed by atoms with Gasteiger partial charge in [-0.1, -0.05) is 32.0 Å². The van der Waals surface area contributed by atoms with Crippen molar-refractivity contribution in [2.75, 3.05) is 13.1 Å². The number of carbonyl (C=O) groups excluding carboxylic acids is 1. The van der Waals surface area contributed by atoms with E-state index in [1.165, 1.54) is 37.1 Å². The van der Waals surface area contributed by atoms with Gasteiger partial charge in [-0.3, -0.25) is 9.69 Å². The minimum absolute atomic E-state index is 0.633. The number of hydrogen-bond donors (Lipinski definition) is 0. The summed E-state index contributed by atoms with van der Waals surface area (Å²) < 4.78 is 0. The van der Waals surface area contributed by atoms with Gasteiger partial charge in [0.05, 0.1) is 0 Å². The van der Waals surface area contributed by atoms with E-state index in [9.17, 15) is 4.79 Å². The topological polar surface area (TPSA) is 20.3 Å². The van der Waals surface area contributed by atoms with Gasteiger partial charge in [-0.25, -0.2) is 0 Å². The zero-order valence-electron chi connectivity index (χ0n) is 12.6. The molecule has 3 rings (SSSR count). The molecule has 0 saturated carbocycles. The molecule has 1 saturated heterocycles. The summed E-state index contributed by atoms with van der Waals surface area (Å²) in [6, 6.07) is 6.82. The fourth-order valence-electron chi connectivity index (χ4n) is 4.23. The lowest BCUT2D eigenvalue weighted by Gasteiger charge is -2.42. The number of likely N-dealkylation sites (tertiary alicyclic amines) is 1. The molecular weight excluding hydrogens is 246 g/mol. The fraction of sp³-hybridized carbons (Fsp3) is 0.611. The van der Waals surface area contributed by atoms with E-state index in [1.807, 2.05) is 12.1 Å². The van der Waals surface area contributed by atoms with Crippen LogP contribution in [0.4, 0.5) is 0 Å². The number of hydrogen-bond acceptors (Lipinski definition) is 2. The first kappa shape index (κ1) is 13.8. The lowest BCUT2D eigenvalue weighted by atomic mass is 9.82. The minimum Gasteiger partial charge on any atom is -0.300 e. The molecule has 0 N–H and O–H groups in total. The van der Waals surface area contributed by atoms with Gasteiger partial charge in [-0.05, 0) is 48.6 Å². The summed E-state index contributed by atoms with van der Waals surface area (Å²) >= 11 is 0. The van der Waals surface area contributed by atoms with Gasteiger partial charge < -0.3 is 0 Å². The Labute approximate surface area is 122 Å². The summed E-state index contributed by atoms with van der Waals surface area (Å²) in [5.41, 5.74) is 3.61. The number of benzene rings is 1. The van der Waals surface area contributed by atoms with Gasteiger partial charge in [-0.2, -0.15) is 0 Å². The second-order valence-electron chi connectivity index (χ2n) is 6.90. The minimum atomic E-state index is 0.633. The van der Waals surface area contributed by atoms with E-state index in [-0.39, 0.29) is 0 Å². The molecule has 1 aromatic rings. The van der Waals surface area contributed by atoms with Crippen molar-refractivity contribution in [1.29, 1.82) is 0 Å². The SMILES string of the molecule is C[C@@H]1C[C@H](C)CN(C2CCc3cccc(C=O)c3C2)C1. The third-order valence-electron chi connectivity index (χ3n) is 5.04. The zero-order valence-corrected chi connectivity index (χ0v) is 12.6. The van der Waals surface area contributed by atoms with Crippen LogP contribution >= 0.6 is 0 Å². The first-order valence-corrected chi connectivity index (χ1v) is 7.97. The van der Waals surface area contributed by atoms with Crippen molar-refractivity contribution < 1.29 is 4.79 Å². The first-order chi connectivity index (χ1) is 9.67. The van der Waals surface area contributed by atoms with E-state index < -0.39 is 0 Å². The summed E-state index contributed by atoms with van der Waals surface area (Å²) in [6.07, 6.45) is 5.82. The maximum atomic E-state index is 11.3. The molecule has 3 atom stereocenters. The second-order valence-corrected chi connectivity index (χ2v) is 6.90. The van der Waals surface area contributed by atoms with Gasteiger partial charge in [0, 0.05) is 24.7 Å². The molecule has 20 heavy (non-hydrogen) atoms. The average Bonchev–Trinajstić information content (AvgIpc) is 2.45. The van der Waals surface area contributed by atoms with E-state index in [2.05, 4.69) is 24.8 Å². The summed E-state index contributed by atoms with van der Waals surface area (Å²) in [7, 11) is 0. The molecule has 0 spiro atoms. The molecule has 1 unspecified atom stereocenters. The third-order valence-corrected chi connectivity index (χ3v) is 5.04. The quantitative estimate of drug-likeness (QED) is 0.769. The van der Waals surface area contributed by atoms with Crippen molar-refractivity contribution in [2.45, 2.75) is 45.6 Å². The third kappa shape index (κ3) is 2.67. The van der Waals surface area contributed by atoms with Crippen LogP contribution in [-0.2, 0) is 12.8 Å². The highest BCUT2D eigenvalue weighted by molar-refractivity contribution is 5.78. The Morgan fingerprint density at radius 3 is 2.65 bits per heavy atom. The van der Waals surface area contributed by atoms with Gasteiger partial charge >= 0.3 is 0 Å². The van der Waals surface area contributed by atoms with Crippen LogP contribution in [0.1, 0.15) is 48.2 Å². The van der Waals surface area contributed by atoms with Crippen LogP contribution in [0.2, 0.25) is 0 Å². The molecule has 1 aromatic carbocycles. The molecule has 0 bridgehead atoms. The van der Waals surface area contributed by atoms with Crippen LogP contribution in [0.25, 0.3) is 0 Å². The Balaban J connectivity index is 1.79. The number of nitrogens with zero attached hydrogens (tertiary/aromatic N) is 1. The predicted octanol–water partition coefficient (Wildman–Crippen LogP) is 3.33. The van der Waals surface area contributed by atoms with Crippen LogP contribution in [0.5, 0.6) is 0 Å². The predicted molar refractivity (Wildman–Crippen MR) is 82.2 cm³/mol. The fourth-order valence-corrected chi connectivity index (χ4v) is 4.23. The average molecular weight is 271 g/mol. The summed E-state index contributed by atoms with van der Waals surface area (Å²) in [6.45, 7) is 7.20. The second kappa shape index (κ2) is 5.69. The molecule has 1 fully saturated rings. The maximum Gasteiger partial charge on any atom is 0.150 e. The van der Waals surface area contributed by atoms with Crippen LogP contribution in [0, 0.1) is 11.8 Å². The first-order valence-electron chi connectivity index (χ1n) is 7.97. The van der Waals surface area contributed by atoms with Gasteiger partial charge in [0.25, 0.3) is 0 Å². The largest absolute Gasteiger partial charge is 0.300 e.